The van der Waals surface area contributed by atoms with E-state index in [4.69, 9.17) is 5.73 Å². The number of nitrogens with two attached hydrogens (primary N) is 1. The molecule has 2 rings (SSSR count). The van der Waals surface area contributed by atoms with Crippen molar-refractivity contribution in [2.45, 2.75) is 18.9 Å². The van der Waals surface area contributed by atoms with Crippen molar-refractivity contribution < 1.29 is 15.0 Å². The minimum atomic E-state index is -0.422. The highest BCUT2D eigenvalue weighted by Gasteiger charge is 2.28. The Morgan fingerprint density at radius 2 is 2.18 bits per heavy atom. The fourth-order valence-corrected chi connectivity index (χ4v) is 1.71. The Balaban J connectivity index is 1.96. The summed E-state index contributed by atoms with van der Waals surface area (Å²) < 4.78 is 0. The molecule has 0 saturated heterocycles. The molecule has 1 aromatic carbocycles. The predicted molar refractivity (Wildman–Crippen MR) is 62.8 cm³/mol. The van der Waals surface area contributed by atoms with Gasteiger partial charge in [-0.25, -0.2) is 0 Å². The molecule has 1 amide bonds. The summed E-state index contributed by atoms with van der Waals surface area (Å²) in [6, 6.07) is 4.25. The molecule has 1 aliphatic rings. The fourth-order valence-electron chi connectivity index (χ4n) is 1.71. The summed E-state index contributed by atoms with van der Waals surface area (Å²) in [5, 5.41) is 21.4. The summed E-state index contributed by atoms with van der Waals surface area (Å²) in [5.41, 5.74) is 5.91. The third-order valence-electron chi connectivity index (χ3n) is 2.99. The highest BCUT2D eigenvalue weighted by molar-refractivity contribution is 5.97. The molecule has 17 heavy (non-hydrogen) atoms. The van der Waals surface area contributed by atoms with Gasteiger partial charge < -0.3 is 21.3 Å². The minimum absolute atomic E-state index is 0.0293. The molecule has 5 nitrogen and oxygen atoms in total. The Kier molecular flexibility index (Phi) is 3.19. The van der Waals surface area contributed by atoms with Crippen LogP contribution in [0, 0.1) is 5.92 Å². The first kappa shape index (κ1) is 11.7. The molecule has 0 heterocycles. The zero-order chi connectivity index (χ0) is 12.4. The molecule has 1 unspecified atom stereocenters. The number of benzene rings is 1. The van der Waals surface area contributed by atoms with Crippen molar-refractivity contribution >= 4 is 5.91 Å². The molecule has 1 fully saturated rings. The Hall–Kier alpha value is -1.75. The van der Waals surface area contributed by atoms with Gasteiger partial charge in [-0.1, -0.05) is 6.07 Å². The van der Waals surface area contributed by atoms with Gasteiger partial charge in [-0.3, -0.25) is 4.79 Å². The lowest BCUT2D eigenvalue weighted by Gasteiger charge is -2.12. The number of rotatable bonds is 4. The zero-order valence-electron chi connectivity index (χ0n) is 9.39. The molecule has 1 aromatic rings. The third-order valence-corrected chi connectivity index (χ3v) is 2.99. The molecule has 5 heteroatoms. The van der Waals surface area contributed by atoms with Gasteiger partial charge in [0, 0.05) is 12.6 Å². The van der Waals surface area contributed by atoms with Gasteiger partial charge >= 0.3 is 0 Å². The van der Waals surface area contributed by atoms with Crippen molar-refractivity contribution in [1.29, 1.82) is 0 Å². The lowest BCUT2D eigenvalue weighted by molar-refractivity contribution is 0.0947. The number of hydrogen-bond donors (Lipinski definition) is 4. The molecule has 0 spiro atoms. The molecule has 92 valence electrons. The Labute approximate surface area is 99.3 Å². The first-order valence-electron chi connectivity index (χ1n) is 5.64. The highest BCUT2D eigenvalue weighted by atomic mass is 16.3. The number of nitrogens with one attached hydrogen (secondary N) is 1. The maximum atomic E-state index is 11.7. The smallest absolute Gasteiger partial charge is 0.255 e. The van der Waals surface area contributed by atoms with E-state index in [0.29, 0.717) is 12.5 Å². The monoisotopic (exact) mass is 236 g/mol. The molecule has 5 N–H and O–H groups in total. The van der Waals surface area contributed by atoms with Crippen molar-refractivity contribution in [2.24, 2.45) is 11.7 Å². The summed E-state index contributed by atoms with van der Waals surface area (Å²) in [6.45, 7) is 0.387. The average molecular weight is 236 g/mol. The summed E-state index contributed by atoms with van der Waals surface area (Å²) in [7, 11) is 0. The van der Waals surface area contributed by atoms with E-state index in [2.05, 4.69) is 5.32 Å². The van der Waals surface area contributed by atoms with Crippen molar-refractivity contribution in [3.63, 3.8) is 0 Å². The topological polar surface area (TPSA) is 95.6 Å². The summed E-state index contributed by atoms with van der Waals surface area (Å²) in [4.78, 5) is 11.7. The van der Waals surface area contributed by atoms with Gasteiger partial charge in [-0.15, -0.1) is 0 Å². The predicted octanol–water partition coefficient (Wildman–Crippen LogP) is 0.565. The Morgan fingerprint density at radius 1 is 1.47 bits per heavy atom. The molecule has 1 saturated carbocycles. The van der Waals surface area contributed by atoms with E-state index >= 15 is 0 Å². The largest absolute Gasteiger partial charge is 0.504 e. The number of amides is 1. The zero-order valence-corrected chi connectivity index (χ0v) is 9.39. The quantitative estimate of drug-likeness (QED) is 0.574. The van der Waals surface area contributed by atoms with Crippen molar-refractivity contribution in [3.05, 3.63) is 23.8 Å². The number of hydrogen-bond acceptors (Lipinski definition) is 4. The second kappa shape index (κ2) is 4.63. The number of phenols is 2. The van der Waals surface area contributed by atoms with Gasteiger partial charge in [0.1, 0.15) is 0 Å². The maximum absolute atomic E-state index is 11.7. The van der Waals surface area contributed by atoms with Crippen LogP contribution < -0.4 is 11.1 Å². The van der Waals surface area contributed by atoms with Crippen molar-refractivity contribution in [2.75, 3.05) is 6.54 Å². The molecule has 0 aromatic heterocycles. The molecular weight excluding hydrogens is 220 g/mol. The van der Waals surface area contributed by atoms with Crippen LogP contribution in [0.5, 0.6) is 11.5 Å². The summed E-state index contributed by atoms with van der Waals surface area (Å²) >= 11 is 0. The van der Waals surface area contributed by atoms with Crippen LogP contribution in [-0.2, 0) is 0 Å². The van der Waals surface area contributed by atoms with E-state index in [1.54, 1.807) is 0 Å². The molecule has 1 atom stereocenters. The minimum Gasteiger partial charge on any atom is -0.504 e. The van der Waals surface area contributed by atoms with Crippen molar-refractivity contribution in [3.8, 4) is 11.5 Å². The van der Waals surface area contributed by atoms with Crippen LogP contribution in [0.4, 0.5) is 0 Å². The van der Waals surface area contributed by atoms with Crippen LogP contribution >= 0.6 is 0 Å². The lowest BCUT2D eigenvalue weighted by Crippen LogP contribution is -2.38. The van der Waals surface area contributed by atoms with Crippen molar-refractivity contribution in [1.82, 2.24) is 5.32 Å². The van der Waals surface area contributed by atoms with Crippen LogP contribution in [0.1, 0.15) is 23.2 Å². The Morgan fingerprint density at radius 3 is 2.82 bits per heavy atom. The molecule has 0 aliphatic heterocycles. The van der Waals surface area contributed by atoms with Crippen LogP contribution in [0.3, 0.4) is 0 Å². The van der Waals surface area contributed by atoms with E-state index in [-0.39, 0.29) is 17.4 Å². The fraction of sp³-hybridized carbons (Fsp3) is 0.417. The third kappa shape index (κ3) is 2.68. The molecule has 0 bridgehead atoms. The number of para-hydroxylation sites is 1. The first-order chi connectivity index (χ1) is 8.09. The van der Waals surface area contributed by atoms with E-state index in [1.807, 2.05) is 0 Å². The van der Waals surface area contributed by atoms with Crippen LogP contribution in [0.2, 0.25) is 0 Å². The summed E-state index contributed by atoms with van der Waals surface area (Å²) in [5.74, 6) is -0.614. The van der Waals surface area contributed by atoms with Gasteiger partial charge in [0.2, 0.25) is 0 Å². The van der Waals surface area contributed by atoms with E-state index in [9.17, 15) is 15.0 Å². The van der Waals surface area contributed by atoms with E-state index < -0.39 is 11.7 Å². The lowest BCUT2D eigenvalue weighted by atomic mass is 10.1. The first-order valence-corrected chi connectivity index (χ1v) is 5.64. The number of aromatic hydroxyl groups is 2. The maximum Gasteiger partial charge on any atom is 0.255 e. The second-order valence-corrected chi connectivity index (χ2v) is 4.38. The van der Waals surface area contributed by atoms with Gasteiger partial charge in [-0.05, 0) is 30.9 Å². The summed E-state index contributed by atoms with van der Waals surface area (Å²) in [6.07, 6.45) is 2.24. The van der Waals surface area contributed by atoms with Gasteiger partial charge in [-0.2, -0.15) is 0 Å². The normalized spacial score (nSPS) is 16.5. The van der Waals surface area contributed by atoms with Crippen LogP contribution in [-0.4, -0.2) is 28.7 Å². The molecule has 0 radical (unpaired) electrons. The Bertz CT molecular complexity index is 430. The SMILES string of the molecule is NC(CNC(=O)c1cccc(O)c1O)C1CC1. The second-order valence-electron chi connectivity index (χ2n) is 4.38. The van der Waals surface area contributed by atoms with Crippen LogP contribution in [0.15, 0.2) is 18.2 Å². The average Bonchev–Trinajstić information content (AvgIpc) is 3.13. The molecule has 1 aliphatic carbocycles. The van der Waals surface area contributed by atoms with Crippen LogP contribution in [0.25, 0.3) is 0 Å². The van der Waals surface area contributed by atoms with Gasteiger partial charge in [0.15, 0.2) is 11.5 Å². The number of carbonyl (C=O) groups excluding carboxylic acids is 1. The van der Waals surface area contributed by atoms with Gasteiger partial charge in [0.05, 0.1) is 5.56 Å². The molecular formula is C12H16N2O3. The standard InChI is InChI=1S/C12H16N2O3/c13-9(7-4-5-7)6-14-12(17)8-2-1-3-10(15)11(8)16/h1-3,7,9,15-16H,4-6,13H2,(H,14,17). The van der Waals surface area contributed by atoms with Gasteiger partial charge in [0.25, 0.3) is 5.91 Å². The highest BCUT2D eigenvalue weighted by Crippen LogP contribution is 2.31. The van der Waals surface area contributed by atoms with E-state index in [0.717, 1.165) is 12.8 Å². The number of phenolic OH excluding ortho intramolecular Hbond substituents is 2. The van der Waals surface area contributed by atoms with E-state index in [1.165, 1.54) is 18.2 Å². The number of carbonyl (C=O) groups is 1.